The van der Waals surface area contributed by atoms with Crippen LogP contribution < -0.4 is 10.6 Å². The number of hydrogen-bond acceptors (Lipinski definition) is 4. The number of hydrogen-bond donors (Lipinski definition) is 2. The van der Waals surface area contributed by atoms with Gasteiger partial charge in [-0.05, 0) is 43.0 Å². The summed E-state index contributed by atoms with van der Waals surface area (Å²) in [6.45, 7) is 1.27. The van der Waals surface area contributed by atoms with Crippen LogP contribution in [-0.4, -0.2) is 33.4 Å². The van der Waals surface area contributed by atoms with Crippen molar-refractivity contribution in [1.29, 1.82) is 0 Å². The topological polar surface area (TPSA) is 71.3 Å². The number of carbonyl (C=O) groups is 1. The van der Waals surface area contributed by atoms with Crippen LogP contribution in [-0.2, 0) is 4.79 Å². The summed E-state index contributed by atoms with van der Waals surface area (Å²) >= 11 is 0. The molecule has 0 aliphatic heterocycles. The molecule has 0 spiro atoms. The first-order valence-electron chi connectivity index (χ1n) is 8.79. The molecule has 0 radical (unpaired) electrons. The van der Waals surface area contributed by atoms with Crippen molar-refractivity contribution in [3.8, 4) is 11.3 Å². The Morgan fingerprint density at radius 2 is 2.08 bits per heavy atom. The third kappa shape index (κ3) is 3.66. The normalized spacial score (nSPS) is 13.7. The Morgan fingerprint density at radius 1 is 1.27 bits per heavy atom. The Balaban J connectivity index is 1.51. The molecule has 1 amide bonds. The van der Waals surface area contributed by atoms with Crippen LogP contribution in [0.3, 0.4) is 0 Å². The van der Waals surface area contributed by atoms with Crippen molar-refractivity contribution in [2.75, 3.05) is 18.4 Å². The highest BCUT2D eigenvalue weighted by Crippen LogP contribution is 2.29. The number of nitrogens with one attached hydrogen (secondary N) is 2. The summed E-state index contributed by atoms with van der Waals surface area (Å²) < 4.78 is 15.1. The molecule has 2 N–H and O–H groups in total. The lowest BCUT2D eigenvalue weighted by atomic mass is 10.1. The Hall–Kier alpha value is -2.96. The van der Waals surface area contributed by atoms with E-state index in [1.54, 1.807) is 24.5 Å². The van der Waals surface area contributed by atoms with Crippen LogP contribution in [0.25, 0.3) is 16.9 Å². The van der Waals surface area contributed by atoms with Gasteiger partial charge >= 0.3 is 0 Å². The highest BCUT2D eigenvalue weighted by Gasteiger charge is 2.21. The zero-order valence-corrected chi connectivity index (χ0v) is 14.3. The Morgan fingerprint density at radius 3 is 2.85 bits per heavy atom. The highest BCUT2D eigenvalue weighted by molar-refractivity contribution is 5.78. The fourth-order valence-electron chi connectivity index (χ4n) is 2.85. The Kier molecular flexibility index (Phi) is 4.51. The van der Waals surface area contributed by atoms with Crippen LogP contribution in [0.1, 0.15) is 19.3 Å². The van der Waals surface area contributed by atoms with Crippen molar-refractivity contribution < 1.29 is 9.18 Å². The fourth-order valence-corrected chi connectivity index (χ4v) is 2.85. The Labute approximate surface area is 150 Å². The van der Waals surface area contributed by atoms with E-state index in [-0.39, 0.29) is 11.7 Å². The molecule has 2 heterocycles. The van der Waals surface area contributed by atoms with Crippen LogP contribution >= 0.6 is 0 Å². The number of carbonyl (C=O) groups excluding carboxylic acids is 1. The number of rotatable bonds is 7. The van der Waals surface area contributed by atoms with Crippen molar-refractivity contribution >= 4 is 17.4 Å². The number of halogens is 1. The van der Waals surface area contributed by atoms with Gasteiger partial charge in [-0.3, -0.25) is 14.2 Å². The van der Waals surface area contributed by atoms with Gasteiger partial charge in [0.25, 0.3) is 0 Å². The zero-order valence-electron chi connectivity index (χ0n) is 14.3. The third-order valence-electron chi connectivity index (χ3n) is 4.48. The summed E-state index contributed by atoms with van der Waals surface area (Å²) in [5, 5.41) is 6.26. The second-order valence-electron chi connectivity index (χ2n) is 6.54. The van der Waals surface area contributed by atoms with E-state index in [0.717, 1.165) is 17.9 Å². The van der Waals surface area contributed by atoms with Gasteiger partial charge in [0.1, 0.15) is 17.3 Å². The first-order valence-corrected chi connectivity index (χ1v) is 8.79. The molecule has 2 aromatic heterocycles. The van der Waals surface area contributed by atoms with Gasteiger partial charge in [-0.1, -0.05) is 0 Å². The molecular weight excluding hydrogens is 333 g/mol. The molecule has 1 fully saturated rings. The average molecular weight is 353 g/mol. The summed E-state index contributed by atoms with van der Waals surface area (Å²) in [7, 11) is 0. The van der Waals surface area contributed by atoms with Gasteiger partial charge in [0, 0.05) is 37.5 Å². The van der Waals surface area contributed by atoms with Gasteiger partial charge in [-0.15, -0.1) is 0 Å². The minimum atomic E-state index is -0.291. The minimum Gasteiger partial charge on any atom is -0.369 e. The first kappa shape index (κ1) is 16.5. The molecule has 4 rings (SSSR count). The number of imidazole rings is 1. The lowest BCUT2D eigenvalue weighted by Crippen LogP contribution is -2.27. The molecule has 0 bridgehead atoms. The van der Waals surface area contributed by atoms with Crippen LogP contribution in [0.15, 0.2) is 42.9 Å². The molecule has 7 heteroatoms. The molecule has 26 heavy (non-hydrogen) atoms. The predicted octanol–water partition coefficient (Wildman–Crippen LogP) is 2.86. The number of aromatic nitrogens is 3. The van der Waals surface area contributed by atoms with Crippen LogP contribution in [0, 0.1) is 11.7 Å². The van der Waals surface area contributed by atoms with E-state index >= 15 is 0 Å². The predicted molar refractivity (Wildman–Crippen MR) is 97.2 cm³/mol. The number of amides is 1. The van der Waals surface area contributed by atoms with Crippen molar-refractivity contribution in [2.45, 2.75) is 19.3 Å². The fraction of sp³-hybridized carbons (Fsp3) is 0.316. The quantitative estimate of drug-likeness (QED) is 0.685. The average Bonchev–Trinajstić information content (AvgIpc) is 3.42. The van der Waals surface area contributed by atoms with E-state index in [4.69, 9.17) is 0 Å². The zero-order chi connectivity index (χ0) is 17.9. The van der Waals surface area contributed by atoms with E-state index in [1.165, 1.54) is 25.0 Å². The molecule has 1 aromatic carbocycles. The van der Waals surface area contributed by atoms with Crippen LogP contribution in [0.2, 0.25) is 0 Å². The maximum Gasteiger partial charge on any atom is 0.221 e. The van der Waals surface area contributed by atoms with Crippen molar-refractivity contribution in [3.63, 3.8) is 0 Å². The number of benzene rings is 1. The van der Waals surface area contributed by atoms with Crippen molar-refractivity contribution in [3.05, 3.63) is 48.7 Å². The molecular formula is C19H20FN5O. The molecule has 0 unspecified atom stereocenters. The third-order valence-corrected chi connectivity index (χ3v) is 4.48. The van der Waals surface area contributed by atoms with E-state index in [1.807, 2.05) is 10.6 Å². The monoisotopic (exact) mass is 353 g/mol. The van der Waals surface area contributed by atoms with Gasteiger partial charge in [0.15, 0.2) is 5.65 Å². The lowest BCUT2D eigenvalue weighted by Gasteiger charge is -2.09. The number of anilines is 1. The van der Waals surface area contributed by atoms with Crippen LogP contribution in [0.5, 0.6) is 0 Å². The summed E-state index contributed by atoms with van der Waals surface area (Å²) in [4.78, 5) is 20.6. The molecule has 0 atom stereocenters. The second kappa shape index (κ2) is 7.11. The Bertz CT molecular complexity index is 917. The summed E-state index contributed by atoms with van der Waals surface area (Å²) in [5.74, 6) is 1.19. The molecule has 1 aliphatic carbocycles. The molecule has 6 nitrogen and oxygen atoms in total. The highest BCUT2D eigenvalue weighted by atomic mass is 19.1. The summed E-state index contributed by atoms with van der Waals surface area (Å²) in [5.41, 5.74) is 2.19. The summed E-state index contributed by atoms with van der Waals surface area (Å²) in [6, 6.07) is 6.20. The van der Waals surface area contributed by atoms with Crippen molar-refractivity contribution in [2.24, 2.45) is 5.92 Å². The van der Waals surface area contributed by atoms with E-state index in [2.05, 4.69) is 20.6 Å². The SMILES string of the molecule is O=C(CCNc1c(-c2ccc(F)cc2)nc2cnccn12)NCC1CC1. The number of fused-ring (bicyclic) bond motifs is 1. The molecule has 0 saturated heterocycles. The first-order chi connectivity index (χ1) is 12.7. The van der Waals surface area contributed by atoms with Gasteiger partial charge in [0.2, 0.25) is 5.91 Å². The lowest BCUT2D eigenvalue weighted by molar-refractivity contribution is -0.120. The maximum atomic E-state index is 13.2. The largest absolute Gasteiger partial charge is 0.369 e. The second-order valence-corrected chi connectivity index (χ2v) is 6.54. The smallest absolute Gasteiger partial charge is 0.221 e. The van der Waals surface area contributed by atoms with Crippen molar-refractivity contribution in [1.82, 2.24) is 19.7 Å². The number of nitrogens with zero attached hydrogens (tertiary/aromatic N) is 3. The maximum absolute atomic E-state index is 13.2. The minimum absolute atomic E-state index is 0.0446. The molecule has 134 valence electrons. The molecule has 3 aromatic rings. The van der Waals surface area contributed by atoms with Gasteiger partial charge in [-0.25, -0.2) is 9.37 Å². The van der Waals surface area contributed by atoms with Gasteiger partial charge < -0.3 is 10.6 Å². The van der Waals surface area contributed by atoms with E-state index in [0.29, 0.717) is 30.2 Å². The van der Waals surface area contributed by atoms with Gasteiger partial charge in [0.05, 0.1) is 6.20 Å². The van der Waals surface area contributed by atoms with Gasteiger partial charge in [-0.2, -0.15) is 0 Å². The van der Waals surface area contributed by atoms with E-state index < -0.39 is 0 Å². The molecule has 1 aliphatic rings. The standard InChI is InChI=1S/C19H20FN5O/c20-15-5-3-14(4-6-15)18-19(25-10-9-21-12-16(25)24-18)22-8-7-17(26)23-11-13-1-2-13/h3-6,9-10,12-13,22H,1-2,7-8,11H2,(H,23,26). The van der Waals surface area contributed by atoms with E-state index in [9.17, 15) is 9.18 Å². The molecule has 1 saturated carbocycles. The van der Waals surface area contributed by atoms with Crippen LogP contribution in [0.4, 0.5) is 10.2 Å². The summed E-state index contributed by atoms with van der Waals surface area (Å²) in [6.07, 6.45) is 7.97.